The van der Waals surface area contributed by atoms with Gasteiger partial charge in [0.2, 0.25) is 0 Å². The topological polar surface area (TPSA) is 25.2 Å². The zero-order valence-electron chi connectivity index (χ0n) is 9.59. The highest BCUT2D eigenvalue weighted by Crippen LogP contribution is 2.24. The van der Waals surface area contributed by atoms with Gasteiger partial charge < -0.3 is 9.73 Å². The molecule has 2 aromatic rings. The third-order valence-electron chi connectivity index (χ3n) is 2.62. The van der Waals surface area contributed by atoms with Crippen LogP contribution in [0.2, 0.25) is 0 Å². The van der Waals surface area contributed by atoms with E-state index in [0.717, 1.165) is 29.7 Å². The minimum absolute atomic E-state index is 0.162. The average molecular weight is 221 g/mol. The van der Waals surface area contributed by atoms with Crippen LogP contribution in [0.15, 0.2) is 28.7 Å². The Morgan fingerprint density at radius 3 is 2.94 bits per heavy atom. The fraction of sp³-hybridized carbons (Fsp3) is 0.385. The third-order valence-corrected chi connectivity index (χ3v) is 2.62. The van der Waals surface area contributed by atoms with E-state index in [1.54, 1.807) is 6.07 Å². The summed E-state index contributed by atoms with van der Waals surface area (Å²) in [5.41, 5.74) is 0.738. The van der Waals surface area contributed by atoms with Crippen molar-refractivity contribution >= 4 is 11.0 Å². The number of fused-ring (bicyclic) bond motifs is 1. The fourth-order valence-electron chi connectivity index (χ4n) is 1.71. The molecular formula is C13H16FNO. The summed E-state index contributed by atoms with van der Waals surface area (Å²) in [6.07, 6.45) is 1.08. The molecule has 0 saturated carbocycles. The Morgan fingerprint density at radius 2 is 2.19 bits per heavy atom. The zero-order chi connectivity index (χ0) is 11.5. The van der Waals surface area contributed by atoms with E-state index in [9.17, 15) is 4.39 Å². The van der Waals surface area contributed by atoms with Crippen molar-refractivity contribution in [1.82, 2.24) is 5.32 Å². The van der Waals surface area contributed by atoms with Crippen LogP contribution in [0.4, 0.5) is 4.39 Å². The van der Waals surface area contributed by atoms with Gasteiger partial charge in [0.1, 0.15) is 17.2 Å². The van der Waals surface area contributed by atoms with Crippen LogP contribution in [-0.4, -0.2) is 6.54 Å². The maximum atomic E-state index is 13.0. The molecule has 16 heavy (non-hydrogen) atoms. The van der Waals surface area contributed by atoms with Gasteiger partial charge in [-0.2, -0.15) is 0 Å². The second-order valence-electron chi connectivity index (χ2n) is 4.01. The molecule has 1 atom stereocenters. The molecule has 0 spiro atoms. The fourth-order valence-corrected chi connectivity index (χ4v) is 1.71. The molecule has 1 N–H and O–H groups in total. The Bertz CT molecular complexity index is 478. The first-order valence-electron chi connectivity index (χ1n) is 5.63. The summed E-state index contributed by atoms with van der Waals surface area (Å²) < 4.78 is 18.6. The summed E-state index contributed by atoms with van der Waals surface area (Å²) in [5.74, 6) is 0.628. The number of nitrogens with one attached hydrogen (secondary N) is 1. The molecule has 0 aliphatic heterocycles. The summed E-state index contributed by atoms with van der Waals surface area (Å²) in [5, 5.41) is 4.16. The molecule has 86 valence electrons. The van der Waals surface area contributed by atoms with E-state index >= 15 is 0 Å². The molecule has 1 aromatic carbocycles. The Balaban J connectivity index is 2.25. The monoisotopic (exact) mass is 221 g/mol. The molecule has 0 saturated heterocycles. The van der Waals surface area contributed by atoms with Crippen molar-refractivity contribution < 1.29 is 8.81 Å². The third kappa shape index (κ3) is 2.25. The number of benzene rings is 1. The number of furan rings is 1. The Morgan fingerprint density at radius 1 is 1.38 bits per heavy atom. The first-order valence-corrected chi connectivity index (χ1v) is 5.63. The van der Waals surface area contributed by atoms with Crippen molar-refractivity contribution in [2.45, 2.75) is 26.3 Å². The Labute approximate surface area is 94.4 Å². The van der Waals surface area contributed by atoms with E-state index in [0.29, 0.717) is 0 Å². The van der Waals surface area contributed by atoms with Crippen LogP contribution < -0.4 is 5.32 Å². The van der Waals surface area contributed by atoms with Gasteiger partial charge in [-0.05, 0) is 44.2 Å². The van der Waals surface area contributed by atoms with Gasteiger partial charge in [0.05, 0.1) is 6.04 Å². The average Bonchev–Trinajstić information content (AvgIpc) is 2.68. The first-order chi connectivity index (χ1) is 7.70. The number of hydrogen-bond donors (Lipinski definition) is 1. The van der Waals surface area contributed by atoms with Gasteiger partial charge >= 0.3 is 0 Å². The van der Waals surface area contributed by atoms with Gasteiger partial charge in [0.25, 0.3) is 0 Å². The van der Waals surface area contributed by atoms with Gasteiger partial charge in [0.15, 0.2) is 0 Å². The zero-order valence-corrected chi connectivity index (χ0v) is 9.59. The van der Waals surface area contributed by atoms with Crippen LogP contribution in [0.1, 0.15) is 32.1 Å². The maximum Gasteiger partial charge on any atom is 0.134 e. The van der Waals surface area contributed by atoms with Crippen LogP contribution in [0.3, 0.4) is 0 Å². The summed E-state index contributed by atoms with van der Waals surface area (Å²) in [6, 6.07) is 6.64. The summed E-state index contributed by atoms with van der Waals surface area (Å²) >= 11 is 0. The molecule has 2 rings (SSSR count). The normalized spacial score (nSPS) is 13.2. The highest BCUT2D eigenvalue weighted by molar-refractivity contribution is 5.77. The van der Waals surface area contributed by atoms with Gasteiger partial charge in [-0.1, -0.05) is 6.92 Å². The predicted molar refractivity (Wildman–Crippen MR) is 62.9 cm³/mol. The minimum Gasteiger partial charge on any atom is -0.459 e. The van der Waals surface area contributed by atoms with Crippen molar-refractivity contribution in [3.8, 4) is 0 Å². The molecule has 0 fully saturated rings. The van der Waals surface area contributed by atoms with Crippen LogP contribution in [0.25, 0.3) is 11.0 Å². The molecule has 2 nitrogen and oxygen atoms in total. The maximum absolute atomic E-state index is 13.0. The van der Waals surface area contributed by atoms with Gasteiger partial charge in [-0.15, -0.1) is 0 Å². The van der Waals surface area contributed by atoms with Gasteiger partial charge in [0, 0.05) is 5.39 Å². The second kappa shape index (κ2) is 4.66. The smallest absolute Gasteiger partial charge is 0.134 e. The van der Waals surface area contributed by atoms with Crippen LogP contribution in [0, 0.1) is 5.82 Å². The highest BCUT2D eigenvalue weighted by Gasteiger charge is 2.10. The van der Waals surface area contributed by atoms with E-state index < -0.39 is 0 Å². The molecule has 1 aromatic heterocycles. The van der Waals surface area contributed by atoms with Crippen molar-refractivity contribution in [2.24, 2.45) is 0 Å². The lowest BCUT2D eigenvalue weighted by Crippen LogP contribution is -2.18. The lowest BCUT2D eigenvalue weighted by molar-refractivity contribution is 0.452. The molecule has 0 aliphatic carbocycles. The quantitative estimate of drug-likeness (QED) is 0.852. The second-order valence-corrected chi connectivity index (χ2v) is 4.01. The van der Waals surface area contributed by atoms with Crippen molar-refractivity contribution in [2.75, 3.05) is 6.54 Å². The van der Waals surface area contributed by atoms with Crippen molar-refractivity contribution in [1.29, 1.82) is 0 Å². The molecule has 1 heterocycles. The standard InChI is InChI=1S/C13H16FNO/c1-3-6-15-9(2)13-8-10-7-11(14)4-5-12(10)16-13/h4-5,7-9,15H,3,6H2,1-2H3. The van der Waals surface area contributed by atoms with Crippen LogP contribution in [-0.2, 0) is 0 Å². The first kappa shape index (κ1) is 11.1. The van der Waals surface area contributed by atoms with Crippen molar-refractivity contribution in [3.05, 3.63) is 35.8 Å². The molecule has 0 bridgehead atoms. The van der Waals surface area contributed by atoms with Crippen LogP contribution in [0.5, 0.6) is 0 Å². The molecule has 0 radical (unpaired) electrons. The molecule has 3 heteroatoms. The summed E-state index contributed by atoms with van der Waals surface area (Å²) in [7, 11) is 0. The number of halogens is 1. The van der Waals surface area contributed by atoms with Gasteiger partial charge in [-0.3, -0.25) is 0 Å². The highest BCUT2D eigenvalue weighted by atomic mass is 19.1. The molecule has 1 unspecified atom stereocenters. The summed E-state index contributed by atoms with van der Waals surface area (Å²) in [4.78, 5) is 0. The lowest BCUT2D eigenvalue weighted by Gasteiger charge is -2.09. The lowest BCUT2D eigenvalue weighted by atomic mass is 10.2. The number of hydrogen-bond acceptors (Lipinski definition) is 2. The van der Waals surface area contributed by atoms with E-state index in [2.05, 4.69) is 12.2 Å². The molecule has 0 amide bonds. The summed E-state index contributed by atoms with van der Waals surface area (Å²) in [6.45, 7) is 5.12. The van der Waals surface area contributed by atoms with Crippen LogP contribution >= 0.6 is 0 Å². The van der Waals surface area contributed by atoms with E-state index in [1.807, 2.05) is 13.0 Å². The van der Waals surface area contributed by atoms with E-state index in [-0.39, 0.29) is 11.9 Å². The Kier molecular flexibility index (Phi) is 3.25. The minimum atomic E-state index is -0.228. The van der Waals surface area contributed by atoms with E-state index in [1.165, 1.54) is 12.1 Å². The largest absolute Gasteiger partial charge is 0.459 e. The number of rotatable bonds is 4. The molecular weight excluding hydrogens is 205 g/mol. The van der Waals surface area contributed by atoms with Gasteiger partial charge in [-0.25, -0.2) is 4.39 Å². The predicted octanol–water partition coefficient (Wildman–Crippen LogP) is 3.63. The Hall–Kier alpha value is -1.35. The van der Waals surface area contributed by atoms with E-state index in [4.69, 9.17) is 4.42 Å². The van der Waals surface area contributed by atoms with Crippen molar-refractivity contribution in [3.63, 3.8) is 0 Å². The molecule has 0 aliphatic rings. The SMILES string of the molecule is CCCNC(C)c1cc2cc(F)ccc2o1.